The predicted octanol–water partition coefficient (Wildman–Crippen LogP) is 1.35. The first-order valence-corrected chi connectivity index (χ1v) is 8.27. The van der Waals surface area contributed by atoms with Crippen LogP contribution in [0.3, 0.4) is 0 Å². The molecule has 0 radical (unpaired) electrons. The van der Waals surface area contributed by atoms with Crippen molar-refractivity contribution in [1.29, 1.82) is 0 Å². The Morgan fingerprint density at radius 2 is 1.90 bits per heavy atom. The summed E-state index contributed by atoms with van der Waals surface area (Å²) in [5.74, 6) is 1.58. The highest BCUT2D eigenvalue weighted by atomic mass is 32.2. The Balaban J connectivity index is 2.32. The average molecular weight is 299 g/mol. The lowest BCUT2D eigenvalue weighted by Gasteiger charge is -2.11. The lowest BCUT2D eigenvalue weighted by molar-refractivity contribution is -0.123. The van der Waals surface area contributed by atoms with Gasteiger partial charge in [0.1, 0.15) is 0 Å². The van der Waals surface area contributed by atoms with Crippen LogP contribution in [0.4, 0.5) is 0 Å². The third-order valence-corrected chi connectivity index (χ3v) is 3.30. The fraction of sp³-hybridized carbons (Fsp3) is 0.500. The van der Waals surface area contributed by atoms with E-state index in [1.165, 1.54) is 0 Å². The molecule has 0 aromatic heterocycles. The number of hydrogen-bond donors (Lipinski definition) is 1. The van der Waals surface area contributed by atoms with Crippen LogP contribution in [0.2, 0.25) is 0 Å². The third-order valence-electron chi connectivity index (χ3n) is 2.44. The van der Waals surface area contributed by atoms with Crippen LogP contribution in [-0.4, -0.2) is 41.9 Å². The van der Waals surface area contributed by atoms with Gasteiger partial charge in [-0.05, 0) is 25.5 Å². The van der Waals surface area contributed by atoms with Crippen molar-refractivity contribution < 1.29 is 18.5 Å². The van der Waals surface area contributed by atoms with Crippen molar-refractivity contribution in [3.63, 3.8) is 0 Å². The Kier molecular flexibility index (Phi) is 7.72. The van der Waals surface area contributed by atoms with E-state index in [1.54, 1.807) is 18.4 Å². The van der Waals surface area contributed by atoms with Crippen molar-refractivity contribution in [2.75, 3.05) is 31.8 Å². The first-order valence-electron chi connectivity index (χ1n) is 6.54. The zero-order chi connectivity index (χ0) is 14.8. The standard InChI is InChI=1S/C14H21NO4S/c1-3-18-12-7-4-5-8-13(12)19-11-14(16)15-9-6-10-20(2)17/h4-5,7-8H,3,6,9-11H2,1-2H3,(H,15,16). The smallest absolute Gasteiger partial charge is 0.257 e. The number of carbonyl (C=O) groups excluding carboxylic acids is 1. The molecule has 20 heavy (non-hydrogen) atoms. The molecule has 0 saturated heterocycles. The number of benzene rings is 1. The molecule has 6 heteroatoms. The van der Waals surface area contributed by atoms with Gasteiger partial charge in [-0.15, -0.1) is 0 Å². The second-order valence-electron chi connectivity index (χ2n) is 4.15. The van der Waals surface area contributed by atoms with Crippen LogP contribution in [0, 0.1) is 0 Å². The predicted molar refractivity (Wildman–Crippen MR) is 79.7 cm³/mol. The van der Waals surface area contributed by atoms with Crippen LogP contribution >= 0.6 is 0 Å². The van der Waals surface area contributed by atoms with Gasteiger partial charge in [-0.3, -0.25) is 9.00 Å². The van der Waals surface area contributed by atoms with Crippen molar-refractivity contribution in [3.8, 4) is 11.5 Å². The summed E-state index contributed by atoms with van der Waals surface area (Å²) in [4.78, 5) is 11.6. The van der Waals surface area contributed by atoms with E-state index < -0.39 is 10.8 Å². The Hall–Kier alpha value is -1.56. The van der Waals surface area contributed by atoms with Gasteiger partial charge in [-0.1, -0.05) is 12.1 Å². The van der Waals surface area contributed by atoms with E-state index in [0.29, 0.717) is 36.8 Å². The maximum Gasteiger partial charge on any atom is 0.257 e. The van der Waals surface area contributed by atoms with Gasteiger partial charge >= 0.3 is 0 Å². The fourth-order valence-corrected chi connectivity index (χ4v) is 2.09. The molecule has 1 N–H and O–H groups in total. The Morgan fingerprint density at radius 3 is 2.50 bits per heavy atom. The van der Waals surface area contributed by atoms with Crippen molar-refractivity contribution in [2.24, 2.45) is 0 Å². The van der Waals surface area contributed by atoms with E-state index in [0.717, 1.165) is 0 Å². The maximum absolute atomic E-state index is 11.6. The summed E-state index contributed by atoms with van der Waals surface area (Å²) in [5, 5.41) is 2.72. The topological polar surface area (TPSA) is 64.6 Å². The molecule has 112 valence electrons. The van der Waals surface area contributed by atoms with Crippen LogP contribution in [0.1, 0.15) is 13.3 Å². The zero-order valence-electron chi connectivity index (χ0n) is 11.9. The van der Waals surface area contributed by atoms with E-state index in [2.05, 4.69) is 5.32 Å². The molecule has 0 aliphatic heterocycles. The summed E-state index contributed by atoms with van der Waals surface area (Å²) in [6.07, 6.45) is 2.35. The number of ether oxygens (including phenoxy) is 2. The molecule has 0 fully saturated rings. The van der Waals surface area contributed by atoms with Crippen molar-refractivity contribution >= 4 is 16.7 Å². The minimum absolute atomic E-state index is 0.0562. The zero-order valence-corrected chi connectivity index (χ0v) is 12.7. The van der Waals surface area contributed by atoms with Crippen molar-refractivity contribution in [3.05, 3.63) is 24.3 Å². The highest BCUT2D eigenvalue weighted by molar-refractivity contribution is 7.84. The SMILES string of the molecule is CCOc1ccccc1OCC(=O)NCCCS(C)=O. The van der Waals surface area contributed by atoms with Gasteiger partial charge in [0.05, 0.1) is 6.61 Å². The lowest BCUT2D eigenvalue weighted by Crippen LogP contribution is -2.30. The number of amides is 1. The molecule has 1 amide bonds. The Labute approximate surface area is 122 Å². The van der Waals surface area contributed by atoms with Gasteiger partial charge in [0, 0.05) is 29.4 Å². The largest absolute Gasteiger partial charge is 0.490 e. The van der Waals surface area contributed by atoms with Gasteiger partial charge in [0.15, 0.2) is 18.1 Å². The molecule has 1 aromatic rings. The summed E-state index contributed by atoms with van der Waals surface area (Å²) in [6.45, 7) is 2.88. The first-order chi connectivity index (χ1) is 9.63. The number of para-hydroxylation sites is 2. The van der Waals surface area contributed by atoms with Crippen LogP contribution in [-0.2, 0) is 15.6 Å². The second-order valence-corrected chi connectivity index (χ2v) is 5.70. The van der Waals surface area contributed by atoms with Gasteiger partial charge in [0.2, 0.25) is 0 Å². The van der Waals surface area contributed by atoms with Gasteiger partial charge in [-0.25, -0.2) is 0 Å². The van der Waals surface area contributed by atoms with E-state index in [4.69, 9.17) is 9.47 Å². The molecule has 1 rings (SSSR count). The average Bonchev–Trinajstić information content (AvgIpc) is 2.43. The normalized spacial score (nSPS) is 11.7. The Morgan fingerprint density at radius 1 is 1.25 bits per heavy atom. The minimum atomic E-state index is -0.818. The van der Waals surface area contributed by atoms with Crippen LogP contribution in [0.15, 0.2) is 24.3 Å². The van der Waals surface area contributed by atoms with Crippen LogP contribution < -0.4 is 14.8 Å². The summed E-state index contributed by atoms with van der Waals surface area (Å²) in [7, 11) is -0.818. The molecule has 1 unspecified atom stereocenters. The summed E-state index contributed by atoms with van der Waals surface area (Å²) >= 11 is 0. The highest BCUT2D eigenvalue weighted by Gasteiger charge is 2.06. The van der Waals surface area contributed by atoms with E-state index >= 15 is 0 Å². The quantitative estimate of drug-likeness (QED) is 0.699. The molecule has 0 aliphatic rings. The van der Waals surface area contributed by atoms with Gasteiger partial charge < -0.3 is 14.8 Å². The number of hydrogen-bond acceptors (Lipinski definition) is 4. The van der Waals surface area contributed by atoms with E-state index in [1.807, 2.05) is 19.1 Å². The summed E-state index contributed by atoms with van der Waals surface area (Å²) in [5.41, 5.74) is 0. The number of rotatable bonds is 9. The second kappa shape index (κ2) is 9.36. The molecule has 0 aliphatic carbocycles. The number of carbonyl (C=O) groups is 1. The fourth-order valence-electron chi connectivity index (χ4n) is 1.54. The first kappa shape index (κ1) is 16.5. The molecule has 0 bridgehead atoms. The molecule has 5 nitrogen and oxygen atoms in total. The highest BCUT2D eigenvalue weighted by Crippen LogP contribution is 2.26. The third kappa shape index (κ3) is 6.56. The molecule has 1 atom stereocenters. The van der Waals surface area contributed by atoms with Crippen LogP contribution in [0.5, 0.6) is 11.5 Å². The molecule has 1 aromatic carbocycles. The maximum atomic E-state index is 11.6. The molecule has 0 spiro atoms. The van der Waals surface area contributed by atoms with Crippen molar-refractivity contribution in [1.82, 2.24) is 5.32 Å². The van der Waals surface area contributed by atoms with Crippen LogP contribution in [0.25, 0.3) is 0 Å². The van der Waals surface area contributed by atoms with E-state index in [-0.39, 0.29) is 12.5 Å². The van der Waals surface area contributed by atoms with Gasteiger partial charge in [-0.2, -0.15) is 0 Å². The summed E-state index contributed by atoms with van der Waals surface area (Å²) in [6, 6.07) is 7.24. The Bertz CT molecular complexity index is 451. The molecule has 0 saturated carbocycles. The molecular weight excluding hydrogens is 278 g/mol. The minimum Gasteiger partial charge on any atom is -0.490 e. The summed E-state index contributed by atoms with van der Waals surface area (Å²) < 4.78 is 21.7. The van der Waals surface area contributed by atoms with E-state index in [9.17, 15) is 9.00 Å². The lowest BCUT2D eigenvalue weighted by atomic mass is 10.3. The number of nitrogens with one attached hydrogen (secondary N) is 1. The molecule has 0 heterocycles. The monoisotopic (exact) mass is 299 g/mol. The van der Waals surface area contributed by atoms with Gasteiger partial charge in [0.25, 0.3) is 5.91 Å². The molecular formula is C14H21NO4S. The van der Waals surface area contributed by atoms with Crippen molar-refractivity contribution in [2.45, 2.75) is 13.3 Å².